The van der Waals surface area contributed by atoms with Gasteiger partial charge in [0.1, 0.15) is 24.4 Å². The summed E-state index contributed by atoms with van der Waals surface area (Å²) in [6.45, 7) is 4.37. The van der Waals surface area contributed by atoms with E-state index >= 15 is 0 Å². The average molecular weight is 1180 g/mol. The van der Waals surface area contributed by atoms with E-state index in [0.717, 1.165) is 51.4 Å². The summed E-state index contributed by atoms with van der Waals surface area (Å²) in [7, 11) is 0. The highest BCUT2D eigenvalue weighted by Gasteiger charge is 2.44. The topological polar surface area (TPSA) is 175 Å². The van der Waals surface area contributed by atoms with Crippen molar-refractivity contribution in [2.45, 2.75) is 416 Å². The minimum atomic E-state index is -1.57. The molecule has 0 aromatic carbocycles. The lowest BCUT2D eigenvalue weighted by Crippen LogP contribution is -2.60. The molecular weight excluding hydrogens is 1040 g/mol. The zero-order valence-corrected chi connectivity index (χ0v) is 54.7. The largest absolute Gasteiger partial charge is 0.466 e. The van der Waals surface area contributed by atoms with Crippen LogP contribution in [0.1, 0.15) is 373 Å². The lowest BCUT2D eigenvalue weighted by molar-refractivity contribution is -0.302. The molecule has 0 spiro atoms. The van der Waals surface area contributed by atoms with Gasteiger partial charge >= 0.3 is 5.97 Å². The second-order valence-corrected chi connectivity index (χ2v) is 25.7. The first-order valence-electron chi connectivity index (χ1n) is 36.5. The summed E-state index contributed by atoms with van der Waals surface area (Å²) < 4.78 is 16.7. The first kappa shape index (κ1) is 79.4. The molecule has 7 unspecified atom stereocenters. The van der Waals surface area contributed by atoms with E-state index < -0.39 is 49.5 Å². The number of aliphatic hydroxyl groups excluding tert-OH is 5. The van der Waals surface area contributed by atoms with Crippen LogP contribution in [-0.2, 0) is 23.8 Å². The van der Waals surface area contributed by atoms with E-state index in [1.54, 1.807) is 6.08 Å². The van der Waals surface area contributed by atoms with Crippen molar-refractivity contribution in [1.82, 2.24) is 5.32 Å². The first-order valence-corrected chi connectivity index (χ1v) is 36.5. The third-order valence-electron chi connectivity index (χ3n) is 17.7. The lowest BCUT2D eigenvalue weighted by atomic mass is 9.99. The highest BCUT2D eigenvalue weighted by atomic mass is 16.7. The van der Waals surface area contributed by atoms with Gasteiger partial charge in [0.25, 0.3) is 0 Å². The van der Waals surface area contributed by atoms with Crippen LogP contribution in [0, 0.1) is 0 Å². The average Bonchev–Trinajstić information content (AvgIpc) is 3.65. The number of amides is 1. The van der Waals surface area contributed by atoms with Crippen LogP contribution in [0.15, 0.2) is 12.2 Å². The second-order valence-electron chi connectivity index (χ2n) is 25.7. The van der Waals surface area contributed by atoms with E-state index in [1.165, 1.54) is 295 Å². The van der Waals surface area contributed by atoms with Crippen LogP contribution in [0.25, 0.3) is 0 Å². The quantitative estimate of drug-likeness (QED) is 0.0195. The number of rotatable bonds is 65. The standard InChI is InChI=1S/C72H139NO10/c1-3-5-7-9-11-13-14-15-16-34-37-40-44-48-52-56-60-68(77)81-61-57-53-49-45-41-38-35-32-30-28-26-24-22-20-18-17-19-21-23-25-27-29-31-33-36-39-43-47-51-55-59-67(76)73-64(65(75)58-54-50-46-42-12-10-8-6-4-2)63-82-72-71(80)70(79)69(78)66(62-74)83-72/h54,58,64-66,69-72,74-75,78-80H,3-53,55-57,59-63H2,1-2H3,(H,73,76)/b58-54+. The molecule has 1 saturated heterocycles. The van der Waals surface area contributed by atoms with E-state index in [0.29, 0.717) is 19.4 Å². The van der Waals surface area contributed by atoms with Gasteiger partial charge in [-0.1, -0.05) is 341 Å². The maximum Gasteiger partial charge on any atom is 0.305 e. The summed E-state index contributed by atoms with van der Waals surface area (Å²) in [5.41, 5.74) is 0. The number of hydrogen-bond acceptors (Lipinski definition) is 10. The Morgan fingerprint density at radius 3 is 1.12 bits per heavy atom. The molecule has 0 aromatic heterocycles. The van der Waals surface area contributed by atoms with Crippen molar-refractivity contribution >= 4 is 11.9 Å². The van der Waals surface area contributed by atoms with E-state index in [9.17, 15) is 35.1 Å². The number of allylic oxidation sites excluding steroid dienone is 1. The molecule has 0 aromatic rings. The number of esters is 1. The molecule has 0 aliphatic carbocycles. The highest BCUT2D eigenvalue weighted by molar-refractivity contribution is 5.76. The Kier molecular flexibility index (Phi) is 59.3. The van der Waals surface area contributed by atoms with Crippen molar-refractivity contribution in [1.29, 1.82) is 0 Å². The number of ether oxygens (including phenoxy) is 3. The number of carbonyl (C=O) groups excluding carboxylic acids is 2. The van der Waals surface area contributed by atoms with Gasteiger partial charge in [-0.25, -0.2) is 0 Å². The Hall–Kier alpha value is -1.60. The number of aliphatic hydroxyl groups is 5. The molecule has 1 amide bonds. The molecule has 0 bridgehead atoms. The van der Waals surface area contributed by atoms with Gasteiger partial charge in [0.05, 0.1) is 32.0 Å². The number of nitrogens with one attached hydrogen (secondary N) is 1. The number of hydrogen-bond donors (Lipinski definition) is 6. The van der Waals surface area contributed by atoms with Crippen LogP contribution in [0.3, 0.4) is 0 Å². The van der Waals surface area contributed by atoms with Gasteiger partial charge in [-0.3, -0.25) is 9.59 Å². The van der Waals surface area contributed by atoms with Crippen molar-refractivity contribution < 1.29 is 49.3 Å². The van der Waals surface area contributed by atoms with Crippen molar-refractivity contribution in [3.8, 4) is 0 Å². The van der Waals surface area contributed by atoms with Gasteiger partial charge < -0.3 is 45.1 Å². The fraction of sp³-hybridized carbons (Fsp3) is 0.944. The molecule has 6 N–H and O–H groups in total. The minimum Gasteiger partial charge on any atom is -0.466 e. The van der Waals surface area contributed by atoms with Crippen LogP contribution in [-0.4, -0.2) is 100 Å². The molecule has 83 heavy (non-hydrogen) atoms. The van der Waals surface area contributed by atoms with Gasteiger partial charge in [-0.2, -0.15) is 0 Å². The van der Waals surface area contributed by atoms with Gasteiger partial charge in [0, 0.05) is 12.8 Å². The van der Waals surface area contributed by atoms with Crippen LogP contribution < -0.4 is 5.32 Å². The monoisotopic (exact) mass is 1180 g/mol. The van der Waals surface area contributed by atoms with Crippen LogP contribution >= 0.6 is 0 Å². The third-order valence-corrected chi connectivity index (χ3v) is 17.7. The Balaban J connectivity index is 1.88. The summed E-state index contributed by atoms with van der Waals surface area (Å²) >= 11 is 0. The van der Waals surface area contributed by atoms with Crippen molar-refractivity contribution in [3.63, 3.8) is 0 Å². The van der Waals surface area contributed by atoms with Crippen molar-refractivity contribution in [3.05, 3.63) is 12.2 Å². The predicted molar refractivity (Wildman–Crippen MR) is 348 cm³/mol. The minimum absolute atomic E-state index is 0.0161. The van der Waals surface area contributed by atoms with Gasteiger partial charge in [-0.15, -0.1) is 0 Å². The fourth-order valence-corrected chi connectivity index (χ4v) is 11.9. The number of unbranched alkanes of at least 4 members (excludes halogenated alkanes) is 51. The zero-order chi connectivity index (χ0) is 60.2. The molecule has 7 atom stereocenters. The van der Waals surface area contributed by atoms with Crippen molar-refractivity contribution in [2.24, 2.45) is 0 Å². The molecular formula is C72H139NO10. The summed E-state index contributed by atoms with van der Waals surface area (Å²) in [6, 6.07) is -0.805. The van der Waals surface area contributed by atoms with Crippen LogP contribution in [0.5, 0.6) is 0 Å². The van der Waals surface area contributed by atoms with E-state index in [2.05, 4.69) is 19.2 Å². The summed E-state index contributed by atoms with van der Waals surface area (Å²) in [5.74, 6) is -0.162. The summed E-state index contributed by atoms with van der Waals surface area (Å²) in [6.07, 6.45) is 66.6. The molecule has 1 aliphatic heterocycles. The molecule has 492 valence electrons. The smallest absolute Gasteiger partial charge is 0.305 e. The Morgan fingerprint density at radius 1 is 0.434 bits per heavy atom. The fourth-order valence-electron chi connectivity index (χ4n) is 11.9. The second kappa shape index (κ2) is 62.0. The lowest BCUT2D eigenvalue weighted by Gasteiger charge is -2.40. The maximum absolute atomic E-state index is 13.0. The van der Waals surface area contributed by atoms with E-state index in [1.807, 2.05) is 6.08 Å². The molecule has 0 saturated carbocycles. The SMILES string of the molecule is CCCCCCCCC/C=C/C(O)C(COC1OC(CO)C(O)C(O)C1O)NC(=O)CCCCCCCCCCCCCCCCCCCCCCCCCCCCCCCCOC(=O)CCCCCCCCCCCCCCCCCC. The third kappa shape index (κ3) is 51.0. The molecule has 1 aliphatic rings. The molecule has 1 heterocycles. The van der Waals surface area contributed by atoms with Gasteiger partial charge in [0.2, 0.25) is 5.91 Å². The predicted octanol–water partition coefficient (Wildman–Crippen LogP) is 18.6. The van der Waals surface area contributed by atoms with Crippen LogP contribution in [0.4, 0.5) is 0 Å². The van der Waals surface area contributed by atoms with Gasteiger partial charge in [-0.05, 0) is 32.1 Å². The molecule has 1 rings (SSSR count). The molecule has 11 nitrogen and oxygen atoms in total. The Labute approximate surface area is 512 Å². The molecule has 1 fully saturated rings. The summed E-state index contributed by atoms with van der Waals surface area (Å²) in [4.78, 5) is 25.1. The molecule has 11 heteroatoms. The van der Waals surface area contributed by atoms with E-state index in [-0.39, 0.29) is 18.5 Å². The Morgan fingerprint density at radius 2 is 0.759 bits per heavy atom. The zero-order valence-electron chi connectivity index (χ0n) is 54.7. The van der Waals surface area contributed by atoms with Crippen molar-refractivity contribution in [2.75, 3.05) is 19.8 Å². The molecule has 0 radical (unpaired) electrons. The van der Waals surface area contributed by atoms with Gasteiger partial charge in [0.15, 0.2) is 6.29 Å². The summed E-state index contributed by atoms with van der Waals surface area (Å²) in [5, 5.41) is 54.3. The first-order chi connectivity index (χ1) is 40.7. The van der Waals surface area contributed by atoms with E-state index in [4.69, 9.17) is 14.2 Å². The number of carbonyl (C=O) groups is 2. The highest BCUT2D eigenvalue weighted by Crippen LogP contribution is 2.24. The normalized spacial score (nSPS) is 18.1. The van der Waals surface area contributed by atoms with Crippen LogP contribution in [0.2, 0.25) is 0 Å². The maximum atomic E-state index is 13.0. The Bertz CT molecular complexity index is 1380.